The first-order valence-corrected chi connectivity index (χ1v) is 4.48. The van der Waals surface area contributed by atoms with E-state index in [4.69, 9.17) is 19.9 Å². The van der Waals surface area contributed by atoms with Crippen LogP contribution in [0, 0.1) is 0 Å². The quantitative estimate of drug-likeness (QED) is 0.504. The Balaban J connectivity index is 2.21. The van der Waals surface area contributed by atoms with E-state index in [0.717, 1.165) is 0 Å². The van der Waals surface area contributed by atoms with E-state index in [-0.39, 0.29) is 17.8 Å². The van der Waals surface area contributed by atoms with Crippen molar-refractivity contribution in [2.45, 2.75) is 13.0 Å². The minimum Gasteiger partial charge on any atom is -0.476 e. The fourth-order valence-corrected chi connectivity index (χ4v) is 1.06. The molecule has 5 heteroatoms. The average molecular weight is 201 g/mol. The molecule has 0 aromatic carbocycles. The molecule has 1 atom stereocenters. The molecule has 14 heavy (non-hydrogen) atoms. The van der Waals surface area contributed by atoms with Gasteiger partial charge in [0.05, 0.1) is 19.8 Å². The lowest BCUT2D eigenvalue weighted by Gasteiger charge is -2.22. The second-order valence-corrected chi connectivity index (χ2v) is 3.04. The van der Waals surface area contributed by atoms with E-state index in [9.17, 15) is 4.79 Å². The Hall–Kier alpha value is -1.07. The number of hydrogen-bond acceptors (Lipinski definition) is 5. The summed E-state index contributed by atoms with van der Waals surface area (Å²) in [7, 11) is 0. The topological polar surface area (TPSA) is 70.8 Å². The van der Waals surface area contributed by atoms with E-state index in [1.807, 2.05) is 0 Å². The van der Waals surface area contributed by atoms with Crippen LogP contribution in [0.3, 0.4) is 0 Å². The third-order valence-electron chi connectivity index (χ3n) is 1.67. The molecule has 80 valence electrons. The number of allylic oxidation sites excluding steroid dienone is 1. The Morgan fingerprint density at radius 2 is 2.43 bits per heavy atom. The smallest absolute Gasteiger partial charge is 0.187 e. The van der Waals surface area contributed by atoms with Gasteiger partial charge in [0.2, 0.25) is 0 Å². The fourth-order valence-electron chi connectivity index (χ4n) is 1.06. The van der Waals surface area contributed by atoms with Crippen LogP contribution in [0.4, 0.5) is 0 Å². The van der Waals surface area contributed by atoms with Crippen LogP contribution in [-0.2, 0) is 19.0 Å². The van der Waals surface area contributed by atoms with E-state index in [2.05, 4.69) is 0 Å². The van der Waals surface area contributed by atoms with Gasteiger partial charge >= 0.3 is 0 Å². The minimum absolute atomic E-state index is 0.0948. The SMILES string of the molecule is CC(=O)/C=C(\N)OCC1COCCO1. The van der Waals surface area contributed by atoms with Gasteiger partial charge in [-0.3, -0.25) is 4.79 Å². The molecule has 1 heterocycles. The number of hydrogen-bond donors (Lipinski definition) is 1. The van der Waals surface area contributed by atoms with Gasteiger partial charge in [-0.1, -0.05) is 0 Å². The van der Waals surface area contributed by atoms with Crippen LogP contribution in [0.1, 0.15) is 6.92 Å². The van der Waals surface area contributed by atoms with Gasteiger partial charge < -0.3 is 19.9 Å². The summed E-state index contributed by atoms with van der Waals surface area (Å²) in [6, 6.07) is 0. The minimum atomic E-state index is -0.136. The Kier molecular flexibility index (Phi) is 4.42. The molecular weight excluding hydrogens is 186 g/mol. The molecule has 1 rings (SSSR count). The van der Waals surface area contributed by atoms with Gasteiger partial charge in [0.1, 0.15) is 12.7 Å². The lowest BCUT2D eigenvalue weighted by molar-refractivity contribution is -0.114. The summed E-state index contributed by atoms with van der Waals surface area (Å²) in [4.78, 5) is 10.6. The molecule has 1 aliphatic heterocycles. The Morgan fingerprint density at radius 1 is 1.64 bits per heavy atom. The fraction of sp³-hybridized carbons (Fsp3) is 0.667. The second-order valence-electron chi connectivity index (χ2n) is 3.04. The zero-order valence-electron chi connectivity index (χ0n) is 8.19. The van der Waals surface area contributed by atoms with Crippen molar-refractivity contribution in [1.82, 2.24) is 0 Å². The maximum absolute atomic E-state index is 10.6. The van der Waals surface area contributed by atoms with E-state index >= 15 is 0 Å². The summed E-state index contributed by atoms with van der Waals surface area (Å²) in [5.41, 5.74) is 5.41. The summed E-state index contributed by atoms with van der Waals surface area (Å²) in [6.45, 7) is 3.43. The van der Waals surface area contributed by atoms with Crippen LogP contribution in [0.2, 0.25) is 0 Å². The third-order valence-corrected chi connectivity index (χ3v) is 1.67. The van der Waals surface area contributed by atoms with Gasteiger partial charge in [-0.25, -0.2) is 0 Å². The Bertz CT molecular complexity index is 221. The molecule has 0 saturated carbocycles. The molecule has 0 radical (unpaired) electrons. The van der Waals surface area contributed by atoms with Crippen molar-refractivity contribution in [2.75, 3.05) is 26.4 Å². The summed E-state index contributed by atoms with van der Waals surface area (Å²) < 4.78 is 15.6. The first-order valence-electron chi connectivity index (χ1n) is 4.48. The summed E-state index contributed by atoms with van der Waals surface area (Å²) in [6.07, 6.45) is 1.15. The summed E-state index contributed by atoms with van der Waals surface area (Å²) >= 11 is 0. The standard InChI is InChI=1S/C9H15NO4/c1-7(11)4-9(10)14-6-8-5-12-2-3-13-8/h4,8H,2-3,5-6,10H2,1H3/b9-4+. The van der Waals surface area contributed by atoms with Crippen molar-refractivity contribution in [3.8, 4) is 0 Å². The highest BCUT2D eigenvalue weighted by Gasteiger charge is 2.14. The molecule has 1 aliphatic rings. The largest absolute Gasteiger partial charge is 0.476 e. The highest BCUT2D eigenvalue weighted by atomic mass is 16.6. The van der Waals surface area contributed by atoms with Crippen LogP contribution in [0.25, 0.3) is 0 Å². The van der Waals surface area contributed by atoms with Crippen LogP contribution >= 0.6 is 0 Å². The summed E-state index contributed by atoms with van der Waals surface area (Å²) in [5.74, 6) is -0.0185. The third kappa shape index (κ3) is 4.25. The van der Waals surface area contributed by atoms with Crippen LogP contribution in [0.15, 0.2) is 12.0 Å². The molecule has 0 bridgehead atoms. The Morgan fingerprint density at radius 3 is 3.00 bits per heavy atom. The second kappa shape index (κ2) is 5.62. The number of rotatable bonds is 4. The van der Waals surface area contributed by atoms with Crippen LogP contribution in [0.5, 0.6) is 0 Å². The predicted octanol–water partition coefficient (Wildman–Crippen LogP) is -0.192. The normalized spacial score (nSPS) is 23.2. The lowest BCUT2D eigenvalue weighted by Crippen LogP contribution is -2.32. The van der Waals surface area contributed by atoms with Gasteiger partial charge in [0.15, 0.2) is 11.7 Å². The molecule has 5 nitrogen and oxygen atoms in total. The number of ether oxygens (including phenoxy) is 3. The van der Waals surface area contributed by atoms with Gasteiger partial charge in [-0.15, -0.1) is 0 Å². The number of carbonyl (C=O) groups excluding carboxylic acids is 1. The van der Waals surface area contributed by atoms with Gasteiger partial charge in [-0.05, 0) is 6.92 Å². The van der Waals surface area contributed by atoms with Crippen LogP contribution in [-0.4, -0.2) is 38.3 Å². The highest BCUT2D eigenvalue weighted by molar-refractivity contribution is 5.87. The number of carbonyl (C=O) groups is 1. The molecule has 0 aliphatic carbocycles. The van der Waals surface area contributed by atoms with Gasteiger partial charge in [0, 0.05) is 6.08 Å². The van der Waals surface area contributed by atoms with Crippen LogP contribution < -0.4 is 5.73 Å². The molecule has 0 spiro atoms. The number of nitrogens with two attached hydrogens (primary N) is 1. The maximum Gasteiger partial charge on any atom is 0.187 e. The lowest BCUT2D eigenvalue weighted by atomic mass is 10.4. The molecular formula is C9H15NO4. The first-order chi connectivity index (χ1) is 6.68. The molecule has 1 unspecified atom stereocenters. The predicted molar refractivity (Wildman–Crippen MR) is 49.5 cm³/mol. The zero-order chi connectivity index (χ0) is 10.4. The Labute approximate surface area is 82.8 Å². The number of ketones is 1. The monoisotopic (exact) mass is 201 g/mol. The molecule has 0 amide bonds. The molecule has 0 aromatic heterocycles. The van der Waals surface area contributed by atoms with Crippen molar-refractivity contribution in [3.63, 3.8) is 0 Å². The molecule has 1 fully saturated rings. The van der Waals surface area contributed by atoms with Crippen molar-refractivity contribution in [2.24, 2.45) is 5.73 Å². The summed E-state index contributed by atoms with van der Waals surface area (Å²) in [5, 5.41) is 0. The molecule has 2 N–H and O–H groups in total. The van der Waals surface area contributed by atoms with Crippen molar-refractivity contribution in [1.29, 1.82) is 0 Å². The van der Waals surface area contributed by atoms with E-state index in [1.54, 1.807) is 0 Å². The molecule has 0 aromatic rings. The van der Waals surface area contributed by atoms with E-state index < -0.39 is 0 Å². The molecule has 1 saturated heterocycles. The highest BCUT2D eigenvalue weighted by Crippen LogP contribution is 2.02. The van der Waals surface area contributed by atoms with Gasteiger partial charge in [-0.2, -0.15) is 0 Å². The van der Waals surface area contributed by atoms with Crippen molar-refractivity contribution < 1.29 is 19.0 Å². The van der Waals surface area contributed by atoms with E-state index in [1.165, 1.54) is 13.0 Å². The zero-order valence-corrected chi connectivity index (χ0v) is 8.19. The van der Waals surface area contributed by atoms with E-state index in [0.29, 0.717) is 26.4 Å². The van der Waals surface area contributed by atoms with Crippen molar-refractivity contribution in [3.05, 3.63) is 12.0 Å². The van der Waals surface area contributed by atoms with Gasteiger partial charge in [0.25, 0.3) is 0 Å². The first kappa shape index (κ1) is 11.0. The average Bonchev–Trinajstić information content (AvgIpc) is 2.15. The maximum atomic E-state index is 10.6. The van der Waals surface area contributed by atoms with Crippen molar-refractivity contribution >= 4 is 5.78 Å².